The van der Waals surface area contributed by atoms with E-state index in [1.165, 1.54) is 0 Å². The first-order chi connectivity index (χ1) is 12.1. The first-order valence-corrected chi connectivity index (χ1v) is 8.83. The Labute approximate surface area is 147 Å². The van der Waals surface area contributed by atoms with Crippen LogP contribution in [-0.2, 0) is 11.3 Å². The van der Waals surface area contributed by atoms with Gasteiger partial charge in [0.05, 0.1) is 11.0 Å². The van der Waals surface area contributed by atoms with Gasteiger partial charge in [-0.1, -0.05) is 26.0 Å². The molecule has 1 aromatic heterocycles. The highest BCUT2D eigenvalue weighted by Gasteiger charge is 2.28. The number of benzene rings is 1. The summed E-state index contributed by atoms with van der Waals surface area (Å²) in [6, 6.07) is 7.65. The third-order valence-electron chi connectivity index (χ3n) is 4.34. The van der Waals surface area contributed by atoms with Crippen LogP contribution in [0.25, 0.3) is 11.0 Å². The van der Waals surface area contributed by atoms with Crippen LogP contribution in [0.4, 0.5) is 10.7 Å². The Bertz CT molecular complexity index is 768. The number of aromatic nitrogens is 2. The maximum absolute atomic E-state index is 12.4. The molecule has 2 aromatic rings. The van der Waals surface area contributed by atoms with E-state index in [2.05, 4.69) is 29.5 Å². The van der Waals surface area contributed by atoms with Crippen molar-refractivity contribution >= 4 is 28.9 Å². The highest BCUT2D eigenvalue weighted by atomic mass is 16.2. The van der Waals surface area contributed by atoms with Crippen LogP contribution >= 0.6 is 0 Å². The molecule has 0 bridgehead atoms. The second-order valence-electron chi connectivity index (χ2n) is 6.72. The second-order valence-corrected chi connectivity index (χ2v) is 6.72. The molecule has 0 saturated carbocycles. The first kappa shape index (κ1) is 17.3. The Morgan fingerprint density at radius 1 is 1.16 bits per heavy atom. The molecule has 1 aliphatic heterocycles. The van der Waals surface area contributed by atoms with Crippen molar-refractivity contribution in [1.82, 2.24) is 20.2 Å². The van der Waals surface area contributed by atoms with Crippen LogP contribution in [-0.4, -0.2) is 41.1 Å². The van der Waals surface area contributed by atoms with Crippen LogP contribution in [0.3, 0.4) is 0 Å². The molecule has 3 rings (SSSR count). The van der Waals surface area contributed by atoms with Gasteiger partial charge < -0.3 is 15.2 Å². The average molecular weight is 343 g/mol. The summed E-state index contributed by atoms with van der Waals surface area (Å²) < 4.78 is 2.05. The number of carbonyl (C=O) groups is 2. The molecule has 3 amide bonds. The summed E-state index contributed by atoms with van der Waals surface area (Å²) in [4.78, 5) is 30.3. The summed E-state index contributed by atoms with van der Waals surface area (Å²) >= 11 is 0. The SMILES string of the molecule is CC(C)CCNC(=O)CCNC(=O)N1CCn2c1nc1ccccc12. The van der Waals surface area contributed by atoms with Crippen molar-refractivity contribution in [2.45, 2.75) is 33.2 Å². The molecule has 0 unspecified atom stereocenters. The Morgan fingerprint density at radius 2 is 1.96 bits per heavy atom. The quantitative estimate of drug-likeness (QED) is 0.843. The van der Waals surface area contributed by atoms with Gasteiger partial charge in [0.15, 0.2) is 0 Å². The Morgan fingerprint density at radius 3 is 2.76 bits per heavy atom. The van der Waals surface area contributed by atoms with Gasteiger partial charge in [0, 0.05) is 32.6 Å². The van der Waals surface area contributed by atoms with E-state index in [0.717, 1.165) is 24.0 Å². The minimum Gasteiger partial charge on any atom is -0.356 e. The van der Waals surface area contributed by atoms with E-state index in [1.54, 1.807) is 4.90 Å². The minimum atomic E-state index is -0.205. The van der Waals surface area contributed by atoms with E-state index < -0.39 is 0 Å². The Kier molecular flexibility index (Phi) is 5.21. The summed E-state index contributed by atoms with van der Waals surface area (Å²) in [5.41, 5.74) is 1.93. The highest BCUT2D eigenvalue weighted by Crippen LogP contribution is 2.26. The Hall–Kier alpha value is -2.57. The van der Waals surface area contributed by atoms with Crippen molar-refractivity contribution in [3.05, 3.63) is 24.3 Å². The number of amides is 3. The molecule has 0 fully saturated rings. The molecule has 7 heteroatoms. The minimum absolute atomic E-state index is 0.0328. The van der Waals surface area contributed by atoms with Crippen molar-refractivity contribution in [3.8, 4) is 0 Å². The van der Waals surface area contributed by atoms with Gasteiger partial charge in [0.1, 0.15) is 0 Å². The summed E-state index contributed by atoms with van der Waals surface area (Å²) in [6.07, 6.45) is 1.25. The standard InChI is InChI=1S/C18H25N5O2/c1-13(2)7-9-19-16(24)8-10-20-18(25)23-12-11-22-15-6-4-3-5-14(15)21-17(22)23/h3-6,13H,7-12H2,1-2H3,(H,19,24)(H,20,25). The zero-order valence-electron chi connectivity index (χ0n) is 14.8. The predicted molar refractivity (Wildman–Crippen MR) is 97.6 cm³/mol. The number of para-hydroxylation sites is 2. The lowest BCUT2D eigenvalue weighted by Gasteiger charge is -2.15. The lowest BCUT2D eigenvalue weighted by atomic mass is 10.1. The predicted octanol–water partition coefficient (Wildman–Crippen LogP) is 2.12. The monoisotopic (exact) mass is 343 g/mol. The van der Waals surface area contributed by atoms with E-state index in [0.29, 0.717) is 31.5 Å². The largest absolute Gasteiger partial charge is 0.356 e. The zero-order valence-corrected chi connectivity index (χ0v) is 14.8. The number of fused-ring (bicyclic) bond motifs is 3. The number of imidazole rings is 1. The van der Waals surface area contributed by atoms with Gasteiger partial charge in [0.2, 0.25) is 11.9 Å². The number of nitrogens with one attached hydrogen (secondary N) is 2. The summed E-state index contributed by atoms with van der Waals surface area (Å²) in [6.45, 7) is 6.58. The van der Waals surface area contributed by atoms with Gasteiger partial charge in [0.25, 0.3) is 0 Å². The summed E-state index contributed by atoms with van der Waals surface area (Å²) in [5.74, 6) is 1.20. The van der Waals surface area contributed by atoms with Crippen LogP contribution in [0.1, 0.15) is 26.7 Å². The molecular formula is C18H25N5O2. The molecule has 0 aliphatic carbocycles. The van der Waals surface area contributed by atoms with Gasteiger partial charge >= 0.3 is 6.03 Å². The van der Waals surface area contributed by atoms with Crippen molar-refractivity contribution in [1.29, 1.82) is 0 Å². The lowest BCUT2D eigenvalue weighted by Crippen LogP contribution is -2.41. The number of rotatable bonds is 6. The van der Waals surface area contributed by atoms with Crippen LogP contribution < -0.4 is 15.5 Å². The van der Waals surface area contributed by atoms with Crippen LogP contribution in [0, 0.1) is 5.92 Å². The molecular weight excluding hydrogens is 318 g/mol. The number of carbonyl (C=O) groups excluding carboxylic acids is 2. The zero-order chi connectivity index (χ0) is 17.8. The molecule has 1 aliphatic rings. The van der Waals surface area contributed by atoms with Gasteiger partial charge in [-0.3, -0.25) is 9.69 Å². The van der Waals surface area contributed by atoms with Gasteiger partial charge in [-0.05, 0) is 24.5 Å². The van der Waals surface area contributed by atoms with Gasteiger partial charge in [-0.15, -0.1) is 0 Å². The lowest BCUT2D eigenvalue weighted by molar-refractivity contribution is -0.120. The fourth-order valence-electron chi connectivity index (χ4n) is 2.95. The molecule has 1 aromatic carbocycles. The van der Waals surface area contributed by atoms with E-state index in [9.17, 15) is 9.59 Å². The average Bonchev–Trinajstić information content (AvgIpc) is 3.13. The summed E-state index contributed by atoms with van der Waals surface area (Å²) in [7, 11) is 0. The fourth-order valence-corrected chi connectivity index (χ4v) is 2.95. The molecule has 2 heterocycles. The maximum atomic E-state index is 12.4. The van der Waals surface area contributed by atoms with E-state index in [4.69, 9.17) is 0 Å². The first-order valence-electron chi connectivity index (χ1n) is 8.83. The number of hydrogen-bond acceptors (Lipinski definition) is 3. The van der Waals surface area contributed by atoms with Crippen molar-refractivity contribution in [2.75, 3.05) is 24.5 Å². The normalized spacial score (nSPS) is 13.3. The molecule has 25 heavy (non-hydrogen) atoms. The topological polar surface area (TPSA) is 79.3 Å². The van der Waals surface area contributed by atoms with Crippen molar-refractivity contribution < 1.29 is 9.59 Å². The van der Waals surface area contributed by atoms with Gasteiger partial charge in [-0.2, -0.15) is 0 Å². The second kappa shape index (κ2) is 7.55. The third kappa shape index (κ3) is 3.92. The number of nitrogens with zero attached hydrogens (tertiary/aromatic N) is 3. The van der Waals surface area contributed by atoms with Crippen molar-refractivity contribution in [2.24, 2.45) is 5.92 Å². The highest BCUT2D eigenvalue weighted by molar-refractivity contribution is 5.94. The van der Waals surface area contributed by atoms with E-state index in [1.807, 2.05) is 28.8 Å². The molecule has 134 valence electrons. The van der Waals surface area contributed by atoms with Gasteiger partial charge in [-0.25, -0.2) is 9.78 Å². The molecule has 7 nitrogen and oxygen atoms in total. The number of hydrogen-bond donors (Lipinski definition) is 2. The van der Waals surface area contributed by atoms with Crippen LogP contribution in [0.2, 0.25) is 0 Å². The van der Waals surface area contributed by atoms with Crippen LogP contribution in [0.15, 0.2) is 24.3 Å². The smallest absolute Gasteiger partial charge is 0.324 e. The molecule has 0 spiro atoms. The van der Waals surface area contributed by atoms with Crippen molar-refractivity contribution in [3.63, 3.8) is 0 Å². The summed E-state index contributed by atoms with van der Waals surface area (Å²) in [5, 5.41) is 5.68. The maximum Gasteiger partial charge on any atom is 0.324 e. The Balaban J connectivity index is 1.50. The molecule has 0 radical (unpaired) electrons. The fraction of sp³-hybridized carbons (Fsp3) is 0.500. The van der Waals surface area contributed by atoms with E-state index >= 15 is 0 Å². The van der Waals surface area contributed by atoms with E-state index in [-0.39, 0.29) is 18.4 Å². The van der Waals surface area contributed by atoms with Crippen LogP contribution in [0.5, 0.6) is 0 Å². The number of urea groups is 1. The number of anilines is 1. The molecule has 0 saturated heterocycles. The molecule has 2 N–H and O–H groups in total. The third-order valence-corrected chi connectivity index (χ3v) is 4.34. The molecule has 0 atom stereocenters.